The molecule has 0 atom stereocenters. The molecule has 0 bridgehead atoms. The second kappa shape index (κ2) is 5.59. The Balaban J connectivity index is 1.78. The highest BCUT2D eigenvalue weighted by atomic mass is 16.6. The predicted octanol–water partition coefficient (Wildman–Crippen LogP) is 1.74. The molecular weight excluding hydrogens is 272 g/mol. The first kappa shape index (κ1) is 13.1. The number of ether oxygens (including phenoxy) is 3. The molecule has 0 unspecified atom stereocenters. The molecule has 6 nitrogen and oxygen atoms in total. The first-order chi connectivity index (χ1) is 10.3. The number of nitriles is 1. The van der Waals surface area contributed by atoms with Gasteiger partial charge in [0.1, 0.15) is 32.2 Å². The van der Waals surface area contributed by atoms with Gasteiger partial charge >= 0.3 is 5.97 Å². The number of aromatic nitrogens is 1. The standard InChI is InChI=1S/C15H12N2O4/c16-7-12-11(8-17-4-2-1-3-13(12)17)9-21-15(18)14-10-19-5-6-20-14/h1-4,8,10H,5-6,9H2. The van der Waals surface area contributed by atoms with Crippen LogP contribution < -0.4 is 0 Å². The minimum atomic E-state index is -0.603. The Morgan fingerprint density at radius 1 is 1.43 bits per heavy atom. The van der Waals surface area contributed by atoms with Crippen molar-refractivity contribution in [3.8, 4) is 6.07 Å². The summed E-state index contributed by atoms with van der Waals surface area (Å²) in [5.41, 5.74) is 1.93. The monoisotopic (exact) mass is 284 g/mol. The molecule has 0 saturated heterocycles. The van der Waals surface area contributed by atoms with Gasteiger partial charge in [-0.1, -0.05) is 6.07 Å². The normalized spacial score (nSPS) is 13.8. The van der Waals surface area contributed by atoms with Gasteiger partial charge in [0.15, 0.2) is 0 Å². The van der Waals surface area contributed by atoms with Crippen molar-refractivity contribution in [3.63, 3.8) is 0 Å². The van der Waals surface area contributed by atoms with Crippen LogP contribution in [0.5, 0.6) is 0 Å². The highest BCUT2D eigenvalue weighted by Crippen LogP contribution is 2.19. The average molecular weight is 284 g/mol. The van der Waals surface area contributed by atoms with Crippen molar-refractivity contribution in [1.29, 1.82) is 5.26 Å². The fourth-order valence-electron chi connectivity index (χ4n) is 2.11. The first-order valence-corrected chi connectivity index (χ1v) is 6.40. The molecule has 0 amide bonds. The molecule has 6 heteroatoms. The Hall–Kier alpha value is -2.94. The summed E-state index contributed by atoms with van der Waals surface area (Å²) in [6.07, 6.45) is 4.85. The third kappa shape index (κ3) is 2.54. The van der Waals surface area contributed by atoms with Gasteiger partial charge in [-0.2, -0.15) is 5.26 Å². The number of nitrogens with zero attached hydrogens (tertiary/aromatic N) is 2. The summed E-state index contributed by atoms with van der Waals surface area (Å²) in [7, 11) is 0. The number of carbonyl (C=O) groups excluding carboxylic acids is 1. The van der Waals surface area contributed by atoms with E-state index in [0.29, 0.717) is 24.3 Å². The summed E-state index contributed by atoms with van der Waals surface area (Å²) in [6.45, 7) is 0.741. The molecule has 0 N–H and O–H groups in total. The number of fused-ring (bicyclic) bond motifs is 1. The van der Waals surface area contributed by atoms with Crippen LogP contribution in [0.25, 0.3) is 5.52 Å². The molecule has 21 heavy (non-hydrogen) atoms. The molecule has 3 rings (SSSR count). The van der Waals surface area contributed by atoms with Crippen LogP contribution in [0, 0.1) is 11.3 Å². The van der Waals surface area contributed by atoms with Gasteiger partial charge in [0, 0.05) is 18.0 Å². The van der Waals surface area contributed by atoms with Crippen molar-refractivity contribution in [2.24, 2.45) is 0 Å². The third-order valence-electron chi connectivity index (χ3n) is 3.08. The number of esters is 1. The molecule has 1 aliphatic heterocycles. The Labute approximate surface area is 120 Å². The Bertz CT molecular complexity index is 755. The van der Waals surface area contributed by atoms with Gasteiger partial charge in [0.2, 0.25) is 5.76 Å². The summed E-state index contributed by atoms with van der Waals surface area (Å²) in [5.74, 6) is -0.558. The lowest BCUT2D eigenvalue weighted by Crippen LogP contribution is -2.17. The SMILES string of the molecule is N#Cc1c(COC(=O)C2=COCCO2)cn2ccccc12. The molecule has 2 aromatic heterocycles. The van der Waals surface area contributed by atoms with Gasteiger partial charge in [-0.05, 0) is 12.1 Å². The fourth-order valence-corrected chi connectivity index (χ4v) is 2.11. The zero-order valence-corrected chi connectivity index (χ0v) is 11.1. The van der Waals surface area contributed by atoms with Crippen LogP contribution >= 0.6 is 0 Å². The van der Waals surface area contributed by atoms with Gasteiger partial charge in [0.25, 0.3) is 0 Å². The summed E-state index contributed by atoms with van der Waals surface area (Å²) in [6, 6.07) is 7.69. The lowest BCUT2D eigenvalue weighted by Gasteiger charge is -2.14. The van der Waals surface area contributed by atoms with Crippen molar-refractivity contribution < 1.29 is 19.0 Å². The highest BCUT2D eigenvalue weighted by Gasteiger charge is 2.18. The van der Waals surface area contributed by atoms with Crippen molar-refractivity contribution in [1.82, 2.24) is 4.40 Å². The largest absolute Gasteiger partial charge is 0.493 e. The maximum atomic E-state index is 11.8. The van der Waals surface area contributed by atoms with E-state index in [1.807, 2.05) is 28.8 Å². The Kier molecular flexibility index (Phi) is 3.48. The maximum Gasteiger partial charge on any atom is 0.377 e. The van der Waals surface area contributed by atoms with Gasteiger partial charge in [-0.3, -0.25) is 0 Å². The van der Waals surface area contributed by atoms with Crippen LogP contribution in [0.3, 0.4) is 0 Å². The maximum absolute atomic E-state index is 11.8. The predicted molar refractivity (Wildman–Crippen MR) is 71.9 cm³/mol. The van der Waals surface area contributed by atoms with Crippen molar-refractivity contribution in [3.05, 3.63) is 53.7 Å². The average Bonchev–Trinajstić information content (AvgIpc) is 2.91. The summed E-state index contributed by atoms with van der Waals surface area (Å²) in [5, 5.41) is 9.26. The summed E-state index contributed by atoms with van der Waals surface area (Å²) < 4.78 is 17.1. The molecule has 3 heterocycles. The minimum Gasteiger partial charge on any atom is -0.493 e. The molecule has 0 fully saturated rings. The molecule has 0 spiro atoms. The summed E-state index contributed by atoms with van der Waals surface area (Å²) in [4.78, 5) is 11.8. The smallest absolute Gasteiger partial charge is 0.377 e. The van der Waals surface area contributed by atoms with Crippen LogP contribution in [0.2, 0.25) is 0 Å². The van der Waals surface area contributed by atoms with Crippen LogP contribution in [-0.2, 0) is 25.6 Å². The number of rotatable bonds is 3. The zero-order chi connectivity index (χ0) is 14.7. The van der Waals surface area contributed by atoms with E-state index in [1.54, 1.807) is 6.20 Å². The topological polar surface area (TPSA) is 73.0 Å². The molecule has 0 radical (unpaired) electrons. The van der Waals surface area contributed by atoms with Crippen LogP contribution in [-0.4, -0.2) is 23.6 Å². The van der Waals surface area contributed by atoms with Crippen molar-refractivity contribution in [2.75, 3.05) is 13.2 Å². The molecular formula is C15H12N2O4. The van der Waals surface area contributed by atoms with E-state index in [4.69, 9.17) is 14.2 Å². The van der Waals surface area contributed by atoms with Gasteiger partial charge in [0.05, 0.1) is 11.1 Å². The first-order valence-electron chi connectivity index (χ1n) is 6.40. The molecule has 106 valence electrons. The summed E-state index contributed by atoms with van der Waals surface area (Å²) >= 11 is 0. The van der Waals surface area contributed by atoms with E-state index in [2.05, 4.69) is 6.07 Å². The van der Waals surface area contributed by atoms with E-state index < -0.39 is 5.97 Å². The molecule has 2 aromatic rings. The second-order valence-electron chi connectivity index (χ2n) is 4.41. The van der Waals surface area contributed by atoms with Crippen LogP contribution in [0.4, 0.5) is 0 Å². The minimum absolute atomic E-state index is 0.00407. The number of hydrogen-bond donors (Lipinski definition) is 0. The molecule has 0 aliphatic carbocycles. The van der Waals surface area contributed by atoms with Gasteiger partial charge in [-0.25, -0.2) is 4.79 Å². The Morgan fingerprint density at radius 3 is 3.10 bits per heavy atom. The van der Waals surface area contributed by atoms with Crippen LogP contribution in [0.15, 0.2) is 42.6 Å². The molecule has 0 aromatic carbocycles. The van der Waals surface area contributed by atoms with E-state index in [0.717, 1.165) is 5.52 Å². The van der Waals surface area contributed by atoms with E-state index in [-0.39, 0.29) is 12.4 Å². The van der Waals surface area contributed by atoms with Crippen molar-refractivity contribution >= 4 is 11.5 Å². The number of pyridine rings is 1. The van der Waals surface area contributed by atoms with Crippen molar-refractivity contribution in [2.45, 2.75) is 6.61 Å². The zero-order valence-electron chi connectivity index (χ0n) is 11.1. The van der Waals surface area contributed by atoms with E-state index in [1.165, 1.54) is 6.26 Å². The quantitative estimate of drug-likeness (QED) is 0.803. The Morgan fingerprint density at radius 2 is 2.33 bits per heavy atom. The van der Waals surface area contributed by atoms with Gasteiger partial charge < -0.3 is 18.6 Å². The van der Waals surface area contributed by atoms with Gasteiger partial charge in [-0.15, -0.1) is 0 Å². The number of carbonyl (C=O) groups is 1. The fraction of sp³-hybridized carbons (Fsp3) is 0.200. The molecule has 1 aliphatic rings. The van der Waals surface area contributed by atoms with E-state index >= 15 is 0 Å². The van der Waals surface area contributed by atoms with Crippen LogP contribution in [0.1, 0.15) is 11.1 Å². The lowest BCUT2D eigenvalue weighted by atomic mass is 10.2. The second-order valence-corrected chi connectivity index (χ2v) is 4.41. The molecule has 0 saturated carbocycles. The van der Waals surface area contributed by atoms with E-state index in [9.17, 15) is 10.1 Å². The highest BCUT2D eigenvalue weighted by molar-refractivity contribution is 5.86. The lowest BCUT2D eigenvalue weighted by molar-refractivity contribution is -0.145. The number of hydrogen-bond acceptors (Lipinski definition) is 5. The third-order valence-corrected chi connectivity index (χ3v) is 3.08.